The van der Waals surface area contributed by atoms with Crippen LogP contribution in [0.25, 0.3) is 0 Å². The normalized spacial score (nSPS) is 16.6. The first kappa shape index (κ1) is 14.2. The van der Waals surface area contributed by atoms with E-state index in [4.69, 9.17) is 11.6 Å². The molecule has 0 spiro atoms. The molecule has 0 N–H and O–H groups in total. The summed E-state index contributed by atoms with van der Waals surface area (Å²) in [6, 6.07) is 7.88. The van der Waals surface area contributed by atoms with E-state index in [9.17, 15) is 4.79 Å². The van der Waals surface area contributed by atoms with Crippen molar-refractivity contribution < 1.29 is 4.79 Å². The van der Waals surface area contributed by atoms with Gasteiger partial charge >= 0.3 is 0 Å². The van der Waals surface area contributed by atoms with Crippen LogP contribution in [0.3, 0.4) is 0 Å². The lowest BCUT2D eigenvalue weighted by Gasteiger charge is -2.38. The van der Waals surface area contributed by atoms with E-state index in [1.165, 1.54) is 5.69 Å². The molecule has 0 atom stereocenters. The summed E-state index contributed by atoms with van der Waals surface area (Å²) in [5, 5.41) is 0.755. The molecule has 1 aliphatic heterocycles. The lowest BCUT2D eigenvalue weighted by Crippen LogP contribution is -2.51. The van der Waals surface area contributed by atoms with E-state index in [2.05, 4.69) is 4.90 Å². The highest BCUT2D eigenvalue weighted by molar-refractivity contribution is 6.30. The van der Waals surface area contributed by atoms with Gasteiger partial charge in [0.1, 0.15) is 0 Å². The van der Waals surface area contributed by atoms with Gasteiger partial charge in [0.15, 0.2) is 0 Å². The lowest BCUT2D eigenvalue weighted by atomic mass is 9.94. The number of rotatable bonds is 1. The van der Waals surface area contributed by atoms with Gasteiger partial charge in [0.2, 0.25) is 5.91 Å². The maximum atomic E-state index is 12.2. The Labute approximate surface area is 120 Å². The van der Waals surface area contributed by atoms with Crippen LogP contribution in [0.15, 0.2) is 24.3 Å². The fraction of sp³-hybridized carbons (Fsp3) is 0.533. The first-order valence-electron chi connectivity index (χ1n) is 6.68. The van der Waals surface area contributed by atoms with Crippen LogP contribution in [-0.2, 0) is 4.79 Å². The second kappa shape index (κ2) is 5.41. The Kier molecular flexibility index (Phi) is 4.04. The fourth-order valence-corrected chi connectivity index (χ4v) is 2.42. The third-order valence-electron chi connectivity index (χ3n) is 3.40. The van der Waals surface area contributed by atoms with E-state index >= 15 is 0 Å². The van der Waals surface area contributed by atoms with E-state index in [1.807, 2.05) is 49.9 Å². The van der Waals surface area contributed by atoms with Crippen molar-refractivity contribution in [2.45, 2.75) is 20.8 Å². The maximum Gasteiger partial charge on any atom is 0.228 e. The van der Waals surface area contributed by atoms with Gasteiger partial charge in [-0.2, -0.15) is 0 Å². The molecule has 104 valence electrons. The molecule has 4 heteroatoms. The van der Waals surface area contributed by atoms with Gasteiger partial charge < -0.3 is 9.80 Å². The van der Waals surface area contributed by atoms with Gasteiger partial charge in [-0.05, 0) is 24.3 Å². The maximum absolute atomic E-state index is 12.2. The number of halogens is 1. The number of hydrogen-bond acceptors (Lipinski definition) is 2. The SMILES string of the molecule is CC(C)(C)C(=O)N1CCN(c2ccc(Cl)cc2)CC1. The molecular weight excluding hydrogens is 260 g/mol. The zero-order valence-corrected chi connectivity index (χ0v) is 12.6. The lowest BCUT2D eigenvalue weighted by molar-refractivity contribution is -0.139. The summed E-state index contributed by atoms with van der Waals surface area (Å²) in [6.45, 7) is 9.26. The molecule has 19 heavy (non-hydrogen) atoms. The average Bonchev–Trinajstić information content (AvgIpc) is 2.38. The number of benzene rings is 1. The topological polar surface area (TPSA) is 23.6 Å². The van der Waals surface area contributed by atoms with Crippen LogP contribution in [0, 0.1) is 5.41 Å². The zero-order valence-electron chi connectivity index (χ0n) is 11.8. The molecule has 1 aromatic carbocycles. The molecule has 1 saturated heterocycles. The van der Waals surface area contributed by atoms with Crippen LogP contribution in [0.2, 0.25) is 5.02 Å². The second-order valence-corrected chi connectivity index (χ2v) is 6.44. The average molecular weight is 281 g/mol. The standard InChI is InChI=1S/C15H21ClN2O/c1-15(2,3)14(19)18-10-8-17(9-11-18)13-6-4-12(16)5-7-13/h4-7H,8-11H2,1-3H3. The Hall–Kier alpha value is -1.22. The minimum Gasteiger partial charge on any atom is -0.368 e. The smallest absolute Gasteiger partial charge is 0.228 e. The fourth-order valence-electron chi connectivity index (χ4n) is 2.29. The molecular formula is C15H21ClN2O. The third-order valence-corrected chi connectivity index (χ3v) is 3.65. The number of hydrogen-bond donors (Lipinski definition) is 0. The molecule has 1 fully saturated rings. The van der Waals surface area contributed by atoms with Crippen LogP contribution in [0.4, 0.5) is 5.69 Å². The summed E-state index contributed by atoms with van der Waals surface area (Å²) in [5.74, 6) is 0.239. The quantitative estimate of drug-likeness (QED) is 0.789. The van der Waals surface area contributed by atoms with Crippen LogP contribution >= 0.6 is 11.6 Å². The van der Waals surface area contributed by atoms with Crippen LogP contribution < -0.4 is 4.90 Å². The molecule has 0 saturated carbocycles. The van der Waals surface area contributed by atoms with Crippen molar-refractivity contribution in [2.24, 2.45) is 5.41 Å². The van der Waals surface area contributed by atoms with Gasteiger partial charge in [0.05, 0.1) is 0 Å². The highest BCUT2D eigenvalue weighted by Crippen LogP contribution is 2.22. The summed E-state index contributed by atoms with van der Waals surface area (Å²) < 4.78 is 0. The van der Waals surface area contributed by atoms with E-state index in [1.54, 1.807) is 0 Å². The van der Waals surface area contributed by atoms with Crippen molar-refractivity contribution in [3.8, 4) is 0 Å². The first-order chi connectivity index (χ1) is 8.88. The van der Waals surface area contributed by atoms with E-state index in [0.717, 1.165) is 31.2 Å². The number of carbonyl (C=O) groups excluding carboxylic acids is 1. The van der Waals surface area contributed by atoms with Gasteiger partial charge in [-0.25, -0.2) is 0 Å². The molecule has 0 aromatic heterocycles. The predicted molar refractivity (Wildman–Crippen MR) is 79.7 cm³/mol. The number of anilines is 1. The van der Waals surface area contributed by atoms with Crippen molar-refractivity contribution in [1.82, 2.24) is 4.90 Å². The molecule has 0 bridgehead atoms. The minimum atomic E-state index is -0.289. The van der Waals surface area contributed by atoms with Crippen LogP contribution in [-0.4, -0.2) is 37.0 Å². The molecule has 0 aliphatic carbocycles. The molecule has 1 aromatic rings. The largest absolute Gasteiger partial charge is 0.368 e. The highest BCUT2D eigenvalue weighted by atomic mass is 35.5. The van der Waals surface area contributed by atoms with Crippen molar-refractivity contribution in [3.63, 3.8) is 0 Å². The number of amides is 1. The van der Waals surface area contributed by atoms with Crippen molar-refractivity contribution in [3.05, 3.63) is 29.3 Å². The van der Waals surface area contributed by atoms with Crippen molar-refractivity contribution in [1.29, 1.82) is 0 Å². The monoisotopic (exact) mass is 280 g/mol. The van der Waals surface area contributed by atoms with Gasteiger partial charge in [-0.1, -0.05) is 32.4 Å². The molecule has 3 nitrogen and oxygen atoms in total. The molecule has 1 amide bonds. The van der Waals surface area contributed by atoms with Crippen molar-refractivity contribution in [2.75, 3.05) is 31.1 Å². The van der Waals surface area contributed by atoms with Gasteiger partial charge in [-0.15, -0.1) is 0 Å². The molecule has 1 heterocycles. The highest BCUT2D eigenvalue weighted by Gasteiger charge is 2.29. The van der Waals surface area contributed by atoms with Crippen molar-refractivity contribution >= 4 is 23.2 Å². The van der Waals surface area contributed by atoms with E-state index in [-0.39, 0.29) is 11.3 Å². The Balaban J connectivity index is 1.96. The third kappa shape index (κ3) is 3.41. The summed E-state index contributed by atoms with van der Waals surface area (Å²) in [6.07, 6.45) is 0. The molecule has 0 radical (unpaired) electrons. The molecule has 2 rings (SSSR count). The van der Waals surface area contributed by atoms with Gasteiger partial charge in [-0.3, -0.25) is 4.79 Å². The van der Waals surface area contributed by atoms with Gasteiger partial charge in [0, 0.05) is 42.3 Å². The van der Waals surface area contributed by atoms with E-state index < -0.39 is 0 Å². The van der Waals surface area contributed by atoms with Crippen LogP contribution in [0.1, 0.15) is 20.8 Å². The minimum absolute atomic E-state index is 0.239. The number of nitrogens with zero attached hydrogens (tertiary/aromatic N) is 2. The summed E-state index contributed by atoms with van der Waals surface area (Å²) in [4.78, 5) is 16.5. The van der Waals surface area contributed by atoms with E-state index in [0.29, 0.717) is 0 Å². The second-order valence-electron chi connectivity index (χ2n) is 6.01. The summed E-state index contributed by atoms with van der Waals surface area (Å²) >= 11 is 5.89. The number of carbonyl (C=O) groups is 1. The molecule has 0 unspecified atom stereocenters. The van der Waals surface area contributed by atoms with Gasteiger partial charge in [0.25, 0.3) is 0 Å². The Morgan fingerprint density at radius 1 is 1.05 bits per heavy atom. The number of piperazine rings is 1. The van der Waals surface area contributed by atoms with Crippen LogP contribution in [0.5, 0.6) is 0 Å². The molecule has 1 aliphatic rings. The first-order valence-corrected chi connectivity index (χ1v) is 7.05. The summed E-state index contributed by atoms with van der Waals surface area (Å²) in [7, 11) is 0. The Morgan fingerprint density at radius 3 is 2.05 bits per heavy atom. The predicted octanol–water partition coefficient (Wildman–Crippen LogP) is 3.03. The Bertz CT molecular complexity index is 442. The Morgan fingerprint density at radius 2 is 1.58 bits per heavy atom. The zero-order chi connectivity index (χ0) is 14.0. The summed E-state index contributed by atoms with van der Waals surface area (Å²) in [5.41, 5.74) is 0.884.